The highest BCUT2D eigenvalue weighted by Crippen LogP contribution is 2.13. The van der Waals surface area contributed by atoms with Gasteiger partial charge < -0.3 is 10.6 Å². The number of piperidine rings is 1. The monoisotopic (exact) mass is 291 g/mol. The second kappa shape index (κ2) is 7.21. The van der Waals surface area contributed by atoms with E-state index >= 15 is 0 Å². The van der Waals surface area contributed by atoms with Crippen molar-refractivity contribution >= 4 is 15.9 Å². The summed E-state index contributed by atoms with van der Waals surface area (Å²) in [4.78, 5) is 13.8. The number of nitrogens with two attached hydrogens (primary N) is 1. The molecular weight excluding hydrogens is 266 g/mol. The van der Waals surface area contributed by atoms with Crippen molar-refractivity contribution in [2.24, 2.45) is 5.73 Å². The third kappa shape index (κ3) is 5.88. The number of nitrogens with one attached hydrogen (secondary N) is 1. The van der Waals surface area contributed by atoms with Gasteiger partial charge in [-0.05, 0) is 19.3 Å². The van der Waals surface area contributed by atoms with Crippen LogP contribution in [-0.4, -0.2) is 50.7 Å². The van der Waals surface area contributed by atoms with Crippen molar-refractivity contribution in [3.63, 3.8) is 0 Å². The van der Waals surface area contributed by atoms with E-state index in [2.05, 4.69) is 11.6 Å². The summed E-state index contributed by atoms with van der Waals surface area (Å²) in [6.45, 7) is 3.15. The molecule has 0 saturated carbocycles. The Morgan fingerprint density at radius 1 is 1.53 bits per heavy atom. The Balaban J connectivity index is 2.52. The predicted molar refractivity (Wildman–Crippen MR) is 75.1 cm³/mol. The molecule has 6 nitrogen and oxygen atoms in total. The summed E-state index contributed by atoms with van der Waals surface area (Å²) >= 11 is 0. The second-order valence-corrected chi connectivity index (χ2v) is 7.04. The molecule has 2 atom stereocenters. The van der Waals surface area contributed by atoms with Crippen molar-refractivity contribution in [2.45, 2.75) is 51.1 Å². The smallest absolute Gasteiger partial charge is 0.239 e. The highest BCUT2D eigenvalue weighted by atomic mass is 32.2. The van der Waals surface area contributed by atoms with Crippen LogP contribution in [0.1, 0.15) is 39.0 Å². The van der Waals surface area contributed by atoms with Crippen LogP contribution in [0.15, 0.2) is 0 Å². The molecule has 19 heavy (non-hydrogen) atoms. The SMILES string of the molecule is CCCCC(N)C(=O)N1CCCC(NS(C)(=O)=O)C1. The molecule has 1 saturated heterocycles. The van der Waals surface area contributed by atoms with Crippen molar-refractivity contribution in [1.29, 1.82) is 0 Å². The fourth-order valence-corrected chi connectivity index (χ4v) is 3.16. The van der Waals surface area contributed by atoms with Crippen LogP contribution in [0.25, 0.3) is 0 Å². The molecule has 0 aromatic rings. The number of amides is 1. The third-order valence-corrected chi connectivity index (χ3v) is 4.06. The van der Waals surface area contributed by atoms with Crippen LogP contribution >= 0.6 is 0 Å². The Labute approximate surface area is 115 Å². The van der Waals surface area contributed by atoms with Crippen molar-refractivity contribution in [1.82, 2.24) is 9.62 Å². The molecule has 1 amide bonds. The van der Waals surface area contributed by atoms with Gasteiger partial charge in [0.1, 0.15) is 0 Å². The Bertz CT molecular complexity index is 397. The number of sulfonamides is 1. The first-order chi connectivity index (χ1) is 8.83. The number of nitrogens with zero attached hydrogens (tertiary/aromatic N) is 1. The quantitative estimate of drug-likeness (QED) is 0.723. The minimum Gasteiger partial charge on any atom is -0.340 e. The zero-order chi connectivity index (χ0) is 14.5. The van der Waals surface area contributed by atoms with E-state index in [9.17, 15) is 13.2 Å². The summed E-state index contributed by atoms with van der Waals surface area (Å²) in [6, 6.07) is -0.650. The van der Waals surface area contributed by atoms with Gasteiger partial charge in [0.2, 0.25) is 15.9 Å². The first-order valence-corrected chi connectivity index (χ1v) is 8.74. The maximum absolute atomic E-state index is 12.1. The van der Waals surface area contributed by atoms with Gasteiger partial charge >= 0.3 is 0 Å². The van der Waals surface area contributed by atoms with Crippen molar-refractivity contribution in [3.8, 4) is 0 Å². The zero-order valence-corrected chi connectivity index (χ0v) is 12.6. The van der Waals surface area contributed by atoms with Gasteiger partial charge in [-0.25, -0.2) is 13.1 Å². The fraction of sp³-hybridized carbons (Fsp3) is 0.917. The van der Waals surface area contributed by atoms with Crippen LogP contribution in [0.4, 0.5) is 0 Å². The standard InChI is InChI=1S/C12H25N3O3S/c1-3-4-7-11(13)12(16)15-8-5-6-10(9-15)14-19(2,17)18/h10-11,14H,3-9,13H2,1-2H3. The molecule has 0 spiro atoms. The Hall–Kier alpha value is -0.660. The summed E-state index contributed by atoms with van der Waals surface area (Å²) < 4.78 is 25.0. The van der Waals surface area contributed by atoms with Crippen LogP contribution in [0.5, 0.6) is 0 Å². The number of unbranched alkanes of at least 4 members (excludes halogenated alkanes) is 1. The van der Waals surface area contributed by atoms with Crippen LogP contribution in [0.2, 0.25) is 0 Å². The molecule has 1 rings (SSSR count). The minimum atomic E-state index is -3.23. The average molecular weight is 291 g/mol. The van der Waals surface area contributed by atoms with E-state index in [1.807, 2.05) is 0 Å². The average Bonchev–Trinajstić information content (AvgIpc) is 2.33. The lowest BCUT2D eigenvalue weighted by molar-refractivity contribution is -0.134. The van der Waals surface area contributed by atoms with Crippen LogP contribution in [0.3, 0.4) is 0 Å². The molecule has 1 aliphatic heterocycles. The number of rotatable bonds is 6. The molecule has 0 aromatic carbocycles. The first-order valence-electron chi connectivity index (χ1n) is 6.85. The summed E-state index contributed by atoms with van der Waals surface area (Å²) in [7, 11) is -3.23. The largest absolute Gasteiger partial charge is 0.340 e. The molecule has 0 aromatic heterocycles. The number of carbonyl (C=O) groups excluding carboxylic acids is 1. The number of hydrogen-bond donors (Lipinski definition) is 2. The van der Waals surface area contributed by atoms with Crippen LogP contribution < -0.4 is 10.5 Å². The van der Waals surface area contributed by atoms with E-state index in [4.69, 9.17) is 5.73 Å². The molecule has 1 heterocycles. The van der Waals surface area contributed by atoms with Crippen LogP contribution in [-0.2, 0) is 14.8 Å². The summed E-state index contributed by atoms with van der Waals surface area (Å²) in [5.74, 6) is -0.0616. The normalized spacial score (nSPS) is 22.3. The molecule has 2 unspecified atom stereocenters. The Kier molecular flexibility index (Phi) is 6.22. The van der Waals surface area contributed by atoms with Gasteiger partial charge in [0.15, 0.2) is 0 Å². The first kappa shape index (κ1) is 16.4. The molecule has 0 bridgehead atoms. The number of carbonyl (C=O) groups is 1. The lowest BCUT2D eigenvalue weighted by Crippen LogP contribution is -2.53. The zero-order valence-electron chi connectivity index (χ0n) is 11.8. The van der Waals surface area contributed by atoms with Gasteiger partial charge in [0, 0.05) is 19.1 Å². The summed E-state index contributed by atoms with van der Waals surface area (Å²) in [5, 5.41) is 0. The van der Waals surface area contributed by atoms with E-state index in [-0.39, 0.29) is 11.9 Å². The molecule has 1 fully saturated rings. The Morgan fingerprint density at radius 2 is 2.21 bits per heavy atom. The van der Waals surface area contributed by atoms with E-state index in [1.165, 1.54) is 0 Å². The lowest BCUT2D eigenvalue weighted by atomic mass is 10.0. The van der Waals surface area contributed by atoms with Gasteiger partial charge in [-0.3, -0.25) is 4.79 Å². The van der Waals surface area contributed by atoms with E-state index in [0.717, 1.165) is 31.9 Å². The second-order valence-electron chi connectivity index (χ2n) is 5.26. The molecule has 0 radical (unpaired) electrons. The third-order valence-electron chi connectivity index (χ3n) is 3.30. The van der Waals surface area contributed by atoms with Gasteiger partial charge in [-0.2, -0.15) is 0 Å². The highest BCUT2D eigenvalue weighted by molar-refractivity contribution is 7.88. The van der Waals surface area contributed by atoms with Gasteiger partial charge in [0.05, 0.1) is 12.3 Å². The summed E-state index contributed by atoms with van der Waals surface area (Å²) in [5.41, 5.74) is 5.88. The van der Waals surface area contributed by atoms with Gasteiger partial charge in [0.25, 0.3) is 0 Å². The van der Waals surface area contributed by atoms with E-state index < -0.39 is 16.1 Å². The van der Waals surface area contributed by atoms with E-state index in [1.54, 1.807) is 4.90 Å². The lowest BCUT2D eigenvalue weighted by Gasteiger charge is -2.34. The molecule has 7 heteroatoms. The summed E-state index contributed by atoms with van der Waals surface area (Å²) in [6.07, 6.45) is 5.35. The fourth-order valence-electron chi connectivity index (χ4n) is 2.36. The maximum atomic E-state index is 12.1. The minimum absolute atomic E-state index is 0.0616. The molecule has 3 N–H and O–H groups in total. The molecule has 112 valence electrons. The topological polar surface area (TPSA) is 92.5 Å². The predicted octanol–water partition coefficient (Wildman–Crippen LogP) is 0.0441. The molecular formula is C12H25N3O3S. The molecule has 0 aliphatic carbocycles. The van der Waals surface area contributed by atoms with Crippen molar-refractivity contribution in [3.05, 3.63) is 0 Å². The number of likely N-dealkylation sites (tertiary alicyclic amines) is 1. The Morgan fingerprint density at radius 3 is 2.79 bits per heavy atom. The van der Waals surface area contributed by atoms with Crippen molar-refractivity contribution < 1.29 is 13.2 Å². The van der Waals surface area contributed by atoms with Crippen molar-refractivity contribution in [2.75, 3.05) is 19.3 Å². The van der Waals surface area contributed by atoms with Gasteiger partial charge in [-0.15, -0.1) is 0 Å². The van der Waals surface area contributed by atoms with Crippen LogP contribution in [0, 0.1) is 0 Å². The highest BCUT2D eigenvalue weighted by Gasteiger charge is 2.27. The maximum Gasteiger partial charge on any atom is 0.239 e. The van der Waals surface area contributed by atoms with Gasteiger partial charge in [-0.1, -0.05) is 19.8 Å². The number of hydrogen-bond acceptors (Lipinski definition) is 4. The molecule has 1 aliphatic rings. The van der Waals surface area contributed by atoms with E-state index in [0.29, 0.717) is 19.5 Å².